The van der Waals surface area contributed by atoms with Crippen LogP contribution in [0.3, 0.4) is 0 Å². The lowest BCUT2D eigenvalue weighted by Crippen LogP contribution is -2.17. The number of ether oxygens (including phenoxy) is 2. The molecule has 3 rings (SSSR count). The molecule has 0 bridgehead atoms. The van der Waals surface area contributed by atoms with Gasteiger partial charge in [-0.3, -0.25) is 0 Å². The number of carbonyl (C=O) groups is 1. The highest BCUT2D eigenvalue weighted by Gasteiger charge is 2.11. The van der Waals surface area contributed by atoms with E-state index in [4.69, 9.17) is 37.1 Å². The second kappa shape index (κ2) is 7.17. The van der Waals surface area contributed by atoms with E-state index in [0.29, 0.717) is 16.4 Å². The zero-order chi connectivity index (χ0) is 18.0. The maximum atomic E-state index is 11.9. The van der Waals surface area contributed by atoms with E-state index < -0.39 is 11.6 Å². The summed E-state index contributed by atoms with van der Waals surface area (Å²) in [5.41, 5.74) is 0.741. The number of rotatable bonds is 4. The van der Waals surface area contributed by atoms with Crippen LogP contribution in [0.2, 0.25) is 10.0 Å². The molecule has 0 unspecified atom stereocenters. The minimum atomic E-state index is -0.630. The lowest BCUT2D eigenvalue weighted by molar-refractivity contribution is -0.136. The summed E-state index contributed by atoms with van der Waals surface area (Å²) in [6, 6.07) is 10.9. The summed E-state index contributed by atoms with van der Waals surface area (Å²) in [5.74, 6) is -0.0600. The van der Waals surface area contributed by atoms with Crippen LogP contribution in [0, 0.1) is 6.92 Å². The van der Waals surface area contributed by atoms with Gasteiger partial charge in [-0.1, -0.05) is 23.2 Å². The second-order valence-electron chi connectivity index (χ2n) is 5.24. The number of aryl methyl sites for hydroxylation is 1. The highest BCUT2D eigenvalue weighted by molar-refractivity contribution is 6.35. The molecule has 0 N–H and O–H groups in total. The normalized spacial score (nSPS) is 10.7. The molecule has 0 aliphatic rings. The molecule has 0 saturated carbocycles. The first-order valence-electron chi connectivity index (χ1n) is 7.25. The van der Waals surface area contributed by atoms with Gasteiger partial charge < -0.3 is 13.9 Å². The molecule has 0 radical (unpaired) electrons. The molecular formula is C18H12Cl2O5. The van der Waals surface area contributed by atoms with Crippen molar-refractivity contribution in [3.8, 4) is 11.5 Å². The lowest BCUT2D eigenvalue weighted by Gasteiger charge is -2.09. The maximum Gasteiger partial charge on any atom is 0.349 e. The number of halogens is 2. The van der Waals surface area contributed by atoms with Gasteiger partial charge >= 0.3 is 11.6 Å². The Hall–Kier alpha value is -2.50. The molecule has 2 aromatic carbocycles. The molecule has 128 valence electrons. The standard InChI is InChI=1S/C18H12Cl2O5/c1-10-6-17(21)25-16-8-12(3-4-13(10)16)23-9-18(22)24-15-5-2-11(19)7-14(15)20/h2-8H,9H2,1H3. The summed E-state index contributed by atoms with van der Waals surface area (Å²) in [6.07, 6.45) is 0. The first-order valence-corrected chi connectivity index (χ1v) is 8.01. The predicted octanol–water partition coefficient (Wildman–Crippen LogP) is 4.39. The number of esters is 1. The fraction of sp³-hybridized carbons (Fsp3) is 0.111. The predicted molar refractivity (Wildman–Crippen MR) is 94.8 cm³/mol. The summed E-state index contributed by atoms with van der Waals surface area (Å²) in [7, 11) is 0. The smallest absolute Gasteiger partial charge is 0.349 e. The van der Waals surface area contributed by atoms with E-state index in [9.17, 15) is 9.59 Å². The summed E-state index contributed by atoms with van der Waals surface area (Å²) in [5, 5.41) is 1.46. The monoisotopic (exact) mass is 378 g/mol. The van der Waals surface area contributed by atoms with E-state index in [-0.39, 0.29) is 17.4 Å². The minimum Gasteiger partial charge on any atom is -0.482 e. The van der Waals surface area contributed by atoms with Crippen molar-refractivity contribution >= 4 is 40.1 Å². The molecule has 5 nitrogen and oxygen atoms in total. The molecule has 3 aromatic rings. The zero-order valence-electron chi connectivity index (χ0n) is 13.0. The Bertz CT molecular complexity index is 1010. The van der Waals surface area contributed by atoms with E-state index in [2.05, 4.69) is 0 Å². The molecule has 25 heavy (non-hydrogen) atoms. The molecule has 0 atom stereocenters. The number of fused-ring (bicyclic) bond motifs is 1. The topological polar surface area (TPSA) is 65.7 Å². The highest BCUT2D eigenvalue weighted by Crippen LogP contribution is 2.27. The molecular weight excluding hydrogens is 367 g/mol. The summed E-state index contributed by atoms with van der Waals surface area (Å²) < 4.78 is 15.6. The van der Waals surface area contributed by atoms with Gasteiger partial charge in [-0.2, -0.15) is 0 Å². The van der Waals surface area contributed by atoms with Crippen molar-refractivity contribution in [3.63, 3.8) is 0 Å². The lowest BCUT2D eigenvalue weighted by atomic mass is 10.1. The average Bonchev–Trinajstić information content (AvgIpc) is 2.55. The largest absolute Gasteiger partial charge is 0.482 e. The van der Waals surface area contributed by atoms with Crippen LogP contribution in [-0.2, 0) is 4.79 Å². The molecule has 0 aliphatic carbocycles. The third-order valence-corrected chi connectivity index (χ3v) is 3.93. The van der Waals surface area contributed by atoms with E-state index in [0.717, 1.165) is 10.9 Å². The molecule has 0 saturated heterocycles. The fourth-order valence-corrected chi connectivity index (χ4v) is 2.69. The molecule has 1 heterocycles. The summed E-state index contributed by atoms with van der Waals surface area (Å²) in [4.78, 5) is 23.3. The van der Waals surface area contributed by atoms with Crippen molar-refractivity contribution in [2.24, 2.45) is 0 Å². The van der Waals surface area contributed by atoms with Crippen molar-refractivity contribution in [2.75, 3.05) is 6.61 Å². The fourth-order valence-electron chi connectivity index (χ4n) is 2.25. The minimum absolute atomic E-state index is 0.194. The van der Waals surface area contributed by atoms with Crippen molar-refractivity contribution in [1.82, 2.24) is 0 Å². The number of carbonyl (C=O) groups excluding carboxylic acids is 1. The second-order valence-corrected chi connectivity index (χ2v) is 6.09. The molecule has 0 fully saturated rings. The Morgan fingerprint density at radius 3 is 2.68 bits per heavy atom. The van der Waals surface area contributed by atoms with Gasteiger partial charge in [0.1, 0.15) is 17.1 Å². The van der Waals surface area contributed by atoms with Gasteiger partial charge in [-0.05, 0) is 42.8 Å². The quantitative estimate of drug-likeness (QED) is 0.382. The van der Waals surface area contributed by atoms with Crippen molar-refractivity contribution in [1.29, 1.82) is 0 Å². The first kappa shape index (κ1) is 17.3. The van der Waals surface area contributed by atoms with Crippen LogP contribution in [0.5, 0.6) is 11.5 Å². The van der Waals surface area contributed by atoms with Gasteiger partial charge in [0.2, 0.25) is 0 Å². The van der Waals surface area contributed by atoms with E-state index in [1.807, 2.05) is 6.92 Å². The van der Waals surface area contributed by atoms with Crippen molar-refractivity contribution in [2.45, 2.75) is 6.92 Å². The van der Waals surface area contributed by atoms with Crippen LogP contribution < -0.4 is 15.1 Å². The van der Waals surface area contributed by atoms with Gasteiger partial charge in [0.15, 0.2) is 6.61 Å². The third kappa shape index (κ3) is 4.13. The van der Waals surface area contributed by atoms with Gasteiger partial charge in [0.05, 0.1) is 5.02 Å². The van der Waals surface area contributed by atoms with Crippen LogP contribution in [0.25, 0.3) is 11.0 Å². The van der Waals surface area contributed by atoms with Crippen LogP contribution >= 0.6 is 23.2 Å². The van der Waals surface area contributed by atoms with E-state index >= 15 is 0 Å². The van der Waals surface area contributed by atoms with Gasteiger partial charge in [-0.15, -0.1) is 0 Å². The Balaban J connectivity index is 1.69. The summed E-state index contributed by atoms with van der Waals surface area (Å²) >= 11 is 11.7. The van der Waals surface area contributed by atoms with Crippen molar-refractivity contribution < 1.29 is 18.7 Å². The molecule has 0 spiro atoms. The average molecular weight is 379 g/mol. The number of benzene rings is 2. The number of hydrogen-bond acceptors (Lipinski definition) is 5. The Labute approximate surface area is 152 Å². The van der Waals surface area contributed by atoms with Crippen LogP contribution in [0.1, 0.15) is 5.56 Å². The number of hydrogen-bond donors (Lipinski definition) is 0. The SMILES string of the molecule is Cc1cc(=O)oc2cc(OCC(=O)Oc3ccc(Cl)cc3Cl)ccc12. The Morgan fingerprint density at radius 2 is 1.92 bits per heavy atom. The molecule has 1 aromatic heterocycles. The highest BCUT2D eigenvalue weighted by atomic mass is 35.5. The van der Waals surface area contributed by atoms with Crippen LogP contribution in [-0.4, -0.2) is 12.6 Å². The van der Waals surface area contributed by atoms with Gasteiger partial charge in [0.25, 0.3) is 0 Å². The molecule has 0 aliphatic heterocycles. The van der Waals surface area contributed by atoms with Crippen molar-refractivity contribution in [3.05, 3.63) is 68.5 Å². The Kier molecular flexibility index (Phi) is 4.97. The Morgan fingerprint density at radius 1 is 1.12 bits per heavy atom. The first-order chi connectivity index (χ1) is 11.9. The zero-order valence-corrected chi connectivity index (χ0v) is 14.6. The van der Waals surface area contributed by atoms with Gasteiger partial charge in [0, 0.05) is 22.5 Å². The molecule has 0 amide bonds. The van der Waals surface area contributed by atoms with E-state index in [1.54, 1.807) is 24.3 Å². The van der Waals surface area contributed by atoms with Crippen LogP contribution in [0.4, 0.5) is 0 Å². The third-order valence-electron chi connectivity index (χ3n) is 3.40. The summed E-state index contributed by atoms with van der Waals surface area (Å²) in [6.45, 7) is 1.48. The molecule has 7 heteroatoms. The van der Waals surface area contributed by atoms with Gasteiger partial charge in [-0.25, -0.2) is 9.59 Å². The maximum absolute atomic E-state index is 11.9. The van der Waals surface area contributed by atoms with Crippen LogP contribution in [0.15, 0.2) is 51.7 Å². The van der Waals surface area contributed by atoms with E-state index in [1.165, 1.54) is 18.2 Å².